The number of hydrogen-bond donors (Lipinski definition) is 1. The molecule has 2 aromatic rings. The van der Waals surface area contributed by atoms with Crippen LogP contribution in [0.5, 0.6) is 5.75 Å². The predicted octanol–water partition coefficient (Wildman–Crippen LogP) is 1.68. The van der Waals surface area contributed by atoms with Crippen molar-refractivity contribution in [3.05, 3.63) is 54.1 Å². The number of benzene rings is 1. The lowest BCUT2D eigenvalue weighted by atomic mass is 10.1. The Labute approximate surface area is 104 Å². The van der Waals surface area contributed by atoms with Gasteiger partial charge < -0.3 is 9.84 Å². The largest absolute Gasteiger partial charge is 0.487 e. The van der Waals surface area contributed by atoms with Gasteiger partial charge in [-0.1, -0.05) is 18.2 Å². The van der Waals surface area contributed by atoms with E-state index in [1.165, 1.54) is 0 Å². The first-order chi connectivity index (χ1) is 8.75. The smallest absolute Gasteiger partial charge is 0.307 e. The van der Waals surface area contributed by atoms with Crippen molar-refractivity contribution < 1.29 is 14.6 Å². The third kappa shape index (κ3) is 3.28. The molecule has 1 aromatic heterocycles. The molecule has 0 aliphatic heterocycles. The van der Waals surface area contributed by atoms with Crippen LogP contribution in [-0.4, -0.2) is 21.0 Å². The van der Waals surface area contributed by atoms with Crippen LogP contribution in [0.1, 0.15) is 11.3 Å². The van der Waals surface area contributed by atoms with E-state index in [-0.39, 0.29) is 13.0 Å². The first kappa shape index (κ1) is 12.0. The number of aliphatic carboxylic acids is 1. The number of ether oxygens (including phenoxy) is 1. The summed E-state index contributed by atoms with van der Waals surface area (Å²) in [5.41, 5.74) is 1.34. The van der Waals surface area contributed by atoms with Gasteiger partial charge in [-0.25, -0.2) is 0 Å². The summed E-state index contributed by atoms with van der Waals surface area (Å²) in [5.74, 6) is -0.323. The normalized spacial score (nSPS) is 10.0. The fourth-order valence-corrected chi connectivity index (χ4v) is 1.51. The second kappa shape index (κ2) is 5.77. The number of hydrogen-bond acceptors (Lipinski definition) is 4. The zero-order chi connectivity index (χ0) is 12.8. The molecule has 0 amide bonds. The standard InChI is InChI=1S/C13H12N2O3/c16-13(17)7-10-3-1-2-4-12(10)18-9-11-8-14-5-6-15-11/h1-6,8H,7,9H2,(H,16,17). The van der Waals surface area contributed by atoms with Gasteiger partial charge in [0.25, 0.3) is 0 Å². The van der Waals surface area contributed by atoms with E-state index in [1.54, 1.807) is 42.9 Å². The number of para-hydroxylation sites is 1. The maximum atomic E-state index is 10.7. The molecule has 5 nitrogen and oxygen atoms in total. The van der Waals surface area contributed by atoms with Crippen LogP contribution in [0.15, 0.2) is 42.9 Å². The minimum Gasteiger partial charge on any atom is -0.487 e. The maximum Gasteiger partial charge on any atom is 0.307 e. The van der Waals surface area contributed by atoms with Gasteiger partial charge in [0.05, 0.1) is 18.3 Å². The molecule has 1 aromatic carbocycles. The minimum absolute atomic E-state index is 0.0589. The summed E-state index contributed by atoms with van der Waals surface area (Å²) < 4.78 is 5.56. The van der Waals surface area contributed by atoms with Crippen molar-refractivity contribution in [1.29, 1.82) is 0 Å². The lowest BCUT2D eigenvalue weighted by Gasteiger charge is -2.09. The highest BCUT2D eigenvalue weighted by Gasteiger charge is 2.07. The Morgan fingerprint density at radius 1 is 1.28 bits per heavy atom. The van der Waals surface area contributed by atoms with Crippen LogP contribution in [-0.2, 0) is 17.8 Å². The number of carboxylic acid groups (broad SMARTS) is 1. The first-order valence-corrected chi connectivity index (χ1v) is 5.43. The van der Waals surface area contributed by atoms with Crippen LogP contribution in [0.2, 0.25) is 0 Å². The van der Waals surface area contributed by atoms with Crippen molar-refractivity contribution in [1.82, 2.24) is 9.97 Å². The quantitative estimate of drug-likeness (QED) is 0.866. The lowest BCUT2D eigenvalue weighted by Crippen LogP contribution is -2.04. The van der Waals surface area contributed by atoms with Gasteiger partial charge in [-0.3, -0.25) is 14.8 Å². The minimum atomic E-state index is -0.884. The van der Waals surface area contributed by atoms with E-state index in [1.807, 2.05) is 0 Å². The molecule has 0 saturated carbocycles. The maximum absolute atomic E-state index is 10.7. The summed E-state index contributed by atoms with van der Waals surface area (Å²) in [6, 6.07) is 7.07. The molecule has 92 valence electrons. The monoisotopic (exact) mass is 244 g/mol. The van der Waals surface area contributed by atoms with Crippen molar-refractivity contribution in [2.24, 2.45) is 0 Å². The van der Waals surface area contributed by atoms with Gasteiger partial charge in [0.2, 0.25) is 0 Å². The molecule has 0 bridgehead atoms. The number of aromatic nitrogens is 2. The zero-order valence-corrected chi connectivity index (χ0v) is 9.61. The van der Waals surface area contributed by atoms with Gasteiger partial charge in [-0.2, -0.15) is 0 Å². The molecule has 0 saturated heterocycles. The molecule has 0 spiro atoms. The van der Waals surface area contributed by atoms with E-state index in [0.29, 0.717) is 17.0 Å². The summed E-state index contributed by atoms with van der Waals surface area (Å²) >= 11 is 0. The molecular formula is C13H12N2O3. The summed E-state index contributed by atoms with van der Waals surface area (Å²) in [7, 11) is 0. The van der Waals surface area contributed by atoms with E-state index in [9.17, 15) is 4.79 Å². The first-order valence-electron chi connectivity index (χ1n) is 5.43. The van der Waals surface area contributed by atoms with E-state index in [2.05, 4.69) is 9.97 Å². The summed E-state index contributed by atoms with van der Waals surface area (Å²) in [6.45, 7) is 0.268. The van der Waals surface area contributed by atoms with Crippen molar-refractivity contribution in [3.8, 4) is 5.75 Å². The van der Waals surface area contributed by atoms with Gasteiger partial charge in [-0.15, -0.1) is 0 Å². The molecule has 1 heterocycles. The van der Waals surface area contributed by atoms with E-state index < -0.39 is 5.97 Å². The molecule has 0 unspecified atom stereocenters. The Kier molecular flexibility index (Phi) is 3.86. The number of carbonyl (C=O) groups is 1. The van der Waals surface area contributed by atoms with Gasteiger partial charge >= 0.3 is 5.97 Å². The second-order valence-electron chi connectivity index (χ2n) is 3.66. The topological polar surface area (TPSA) is 72.3 Å². The third-order valence-corrected chi connectivity index (χ3v) is 2.31. The zero-order valence-electron chi connectivity index (χ0n) is 9.61. The third-order valence-electron chi connectivity index (χ3n) is 2.31. The summed E-state index contributed by atoms with van der Waals surface area (Å²) in [5, 5.41) is 8.80. The van der Waals surface area contributed by atoms with Crippen LogP contribution in [0.3, 0.4) is 0 Å². The van der Waals surface area contributed by atoms with Crippen molar-refractivity contribution in [2.75, 3.05) is 0 Å². The predicted molar refractivity (Wildman–Crippen MR) is 64.1 cm³/mol. The highest BCUT2D eigenvalue weighted by molar-refractivity contribution is 5.71. The highest BCUT2D eigenvalue weighted by atomic mass is 16.5. The molecule has 5 heteroatoms. The number of nitrogens with zero attached hydrogens (tertiary/aromatic N) is 2. The Hall–Kier alpha value is -2.43. The van der Waals surface area contributed by atoms with Crippen LogP contribution < -0.4 is 4.74 Å². The highest BCUT2D eigenvalue weighted by Crippen LogP contribution is 2.19. The number of carboxylic acids is 1. The molecule has 1 N–H and O–H groups in total. The second-order valence-corrected chi connectivity index (χ2v) is 3.66. The van der Waals surface area contributed by atoms with Crippen LogP contribution >= 0.6 is 0 Å². The molecular weight excluding hydrogens is 232 g/mol. The Balaban J connectivity index is 2.07. The molecule has 0 fully saturated rings. The number of rotatable bonds is 5. The summed E-state index contributed by atoms with van der Waals surface area (Å²) in [4.78, 5) is 18.7. The van der Waals surface area contributed by atoms with Crippen LogP contribution in [0.4, 0.5) is 0 Å². The average Bonchev–Trinajstić information content (AvgIpc) is 2.38. The van der Waals surface area contributed by atoms with Crippen molar-refractivity contribution >= 4 is 5.97 Å². The SMILES string of the molecule is O=C(O)Cc1ccccc1OCc1cnccn1. The van der Waals surface area contributed by atoms with Gasteiger partial charge in [0.15, 0.2) is 0 Å². The Bertz CT molecular complexity index is 529. The molecule has 0 aliphatic carbocycles. The fourth-order valence-electron chi connectivity index (χ4n) is 1.51. The van der Waals surface area contributed by atoms with Gasteiger partial charge in [-0.05, 0) is 6.07 Å². The van der Waals surface area contributed by atoms with Crippen LogP contribution in [0, 0.1) is 0 Å². The molecule has 0 radical (unpaired) electrons. The average molecular weight is 244 g/mol. The summed E-state index contributed by atoms with van der Waals surface area (Å²) in [6.07, 6.45) is 4.72. The van der Waals surface area contributed by atoms with E-state index >= 15 is 0 Å². The Morgan fingerprint density at radius 2 is 2.11 bits per heavy atom. The van der Waals surface area contributed by atoms with Crippen LogP contribution in [0.25, 0.3) is 0 Å². The van der Waals surface area contributed by atoms with E-state index in [4.69, 9.17) is 9.84 Å². The molecule has 0 aliphatic rings. The lowest BCUT2D eigenvalue weighted by molar-refractivity contribution is -0.136. The molecule has 0 atom stereocenters. The van der Waals surface area contributed by atoms with E-state index in [0.717, 1.165) is 0 Å². The van der Waals surface area contributed by atoms with Crippen molar-refractivity contribution in [2.45, 2.75) is 13.0 Å². The van der Waals surface area contributed by atoms with Crippen molar-refractivity contribution in [3.63, 3.8) is 0 Å². The van der Waals surface area contributed by atoms with Gasteiger partial charge in [0.1, 0.15) is 12.4 Å². The molecule has 2 rings (SSSR count). The van der Waals surface area contributed by atoms with Gasteiger partial charge in [0, 0.05) is 18.0 Å². The molecule has 18 heavy (non-hydrogen) atoms. The Morgan fingerprint density at radius 3 is 2.83 bits per heavy atom. The fraction of sp³-hybridized carbons (Fsp3) is 0.154.